The first-order valence-corrected chi connectivity index (χ1v) is 6.53. The van der Waals surface area contributed by atoms with E-state index in [0.29, 0.717) is 11.1 Å². The molecule has 4 N–H and O–H groups in total. The molecule has 0 atom stereocenters. The number of benzene rings is 2. The first-order valence-electron chi connectivity index (χ1n) is 6.53. The Labute approximate surface area is 135 Å². The van der Waals surface area contributed by atoms with E-state index in [0.717, 1.165) is 0 Å². The molecule has 128 valence electrons. The fraction of sp³-hybridized carbons (Fsp3) is 0.125. The number of nitrogens with two attached hydrogens (primary N) is 1. The number of hydrogen-bond acceptors (Lipinski definition) is 3. The SMILES string of the molecule is NC(=O)C(O)(c1ccccc1)c1ccccc1.O=C(O)C(F)(F)F. The lowest BCUT2D eigenvalue weighted by Crippen LogP contribution is -2.42. The van der Waals surface area contributed by atoms with E-state index in [2.05, 4.69) is 0 Å². The van der Waals surface area contributed by atoms with Gasteiger partial charge in [-0.1, -0.05) is 60.7 Å². The molecule has 5 nitrogen and oxygen atoms in total. The summed E-state index contributed by atoms with van der Waals surface area (Å²) in [6.07, 6.45) is -5.08. The number of carbonyl (C=O) groups excluding carboxylic acids is 1. The van der Waals surface area contributed by atoms with Gasteiger partial charge >= 0.3 is 12.1 Å². The highest BCUT2D eigenvalue weighted by Gasteiger charge is 2.38. The van der Waals surface area contributed by atoms with Crippen molar-refractivity contribution < 1.29 is 33.0 Å². The normalized spacial score (nSPS) is 11.2. The van der Waals surface area contributed by atoms with E-state index in [-0.39, 0.29) is 0 Å². The Morgan fingerprint density at radius 2 is 1.12 bits per heavy atom. The molecule has 2 aromatic carbocycles. The van der Waals surface area contributed by atoms with E-state index in [9.17, 15) is 23.1 Å². The van der Waals surface area contributed by atoms with Crippen LogP contribution in [-0.2, 0) is 15.2 Å². The Morgan fingerprint density at radius 1 is 0.833 bits per heavy atom. The molecule has 0 saturated carbocycles. The number of carbonyl (C=O) groups is 2. The van der Waals surface area contributed by atoms with Gasteiger partial charge in [-0.05, 0) is 11.1 Å². The molecule has 0 saturated heterocycles. The monoisotopic (exact) mass is 341 g/mol. The molecule has 0 fully saturated rings. The molecular formula is C16H14F3NO4. The standard InChI is InChI=1S/C14H13NO2.C2HF3O2/c15-13(16)14(17,11-7-3-1-4-8-11)12-9-5-2-6-10-12;3-2(4,5)1(6)7/h1-10,17H,(H2,15,16);(H,6,7). The van der Waals surface area contributed by atoms with Gasteiger partial charge in [0.1, 0.15) is 0 Å². The molecule has 0 bridgehead atoms. The van der Waals surface area contributed by atoms with Crippen LogP contribution in [0, 0.1) is 0 Å². The summed E-state index contributed by atoms with van der Waals surface area (Å²) in [6.45, 7) is 0. The summed E-state index contributed by atoms with van der Waals surface area (Å²) in [6, 6.07) is 17.4. The van der Waals surface area contributed by atoms with Gasteiger partial charge in [0.2, 0.25) is 0 Å². The number of carboxylic acid groups (broad SMARTS) is 1. The Morgan fingerprint density at radius 3 is 1.33 bits per heavy atom. The predicted octanol–water partition coefficient (Wildman–Crippen LogP) is 2.04. The fourth-order valence-electron chi connectivity index (χ4n) is 1.81. The molecule has 24 heavy (non-hydrogen) atoms. The number of halogens is 3. The number of rotatable bonds is 3. The largest absolute Gasteiger partial charge is 0.490 e. The van der Waals surface area contributed by atoms with Crippen LogP contribution >= 0.6 is 0 Å². The first kappa shape index (κ1) is 19.2. The van der Waals surface area contributed by atoms with Crippen LogP contribution in [0.25, 0.3) is 0 Å². The van der Waals surface area contributed by atoms with Crippen LogP contribution in [0.3, 0.4) is 0 Å². The molecule has 0 aromatic heterocycles. The lowest BCUT2D eigenvalue weighted by atomic mass is 9.86. The van der Waals surface area contributed by atoms with Crippen LogP contribution < -0.4 is 5.73 Å². The fourth-order valence-corrected chi connectivity index (χ4v) is 1.81. The first-order chi connectivity index (χ1) is 11.1. The molecule has 0 aliphatic carbocycles. The summed E-state index contributed by atoms with van der Waals surface area (Å²) in [4.78, 5) is 20.5. The van der Waals surface area contributed by atoms with Crippen LogP contribution in [0.15, 0.2) is 60.7 Å². The lowest BCUT2D eigenvalue weighted by Gasteiger charge is -2.25. The molecule has 0 aliphatic rings. The van der Waals surface area contributed by atoms with Crippen molar-refractivity contribution in [1.82, 2.24) is 0 Å². The summed E-state index contributed by atoms with van der Waals surface area (Å²) in [5.41, 5.74) is 4.51. The number of alkyl halides is 3. The number of aliphatic hydroxyl groups is 1. The van der Waals surface area contributed by atoms with Gasteiger partial charge in [0.25, 0.3) is 5.91 Å². The van der Waals surface area contributed by atoms with Crippen LogP contribution in [0.2, 0.25) is 0 Å². The number of hydrogen-bond donors (Lipinski definition) is 3. The van der Waals surface area contributed by atoms with Crippen molar-refractivity contribution in [2.45, 2.75) is 11.8 Å². The molecule has 0 heterocycles. The molecule has 2 aromatic rings. The molecule has 0 radical (unpaired) electrons. The molecule has 2 rings (SSSR count). The highest BCUT2D eigenvalue weighted by Crippen LogP contribution is 2.28. The zero-order chi connectivity index (χ0) is 18.4. The average molecular weight is 341 g/mol. The molecule has 1 amide bonds. The van der Waals surface area contributed by atoms with E-state index >= 15 is 0 Å². The Hall–Kier alpha value is -2.87. The number of carboxylic acids is 1. The second kappa shape index (κ2) is 7.60. The zero-order valence-corrected chi connectivity index (χ0v) is 12.2. The number of amides is 1. The third-order valence-electron chi connectivity index (χ3n) is 2.98. The van der Waals surface area contributed by atoms with Gasteiger partial charge in [-0.2, -0.15) is 13.2 Å². The van der Waals surface area contributed by atoms with Gasteiger partial charge in [0.15, 0.2) is 5.60 Å². The summed E-state index contributed by atoms with van der Waals surface area (Å²) in [7, 11) is 0. The number of primary amides is 1. The Balaban J connectivity index is 0.000000351. The van der Waals surface area contributed by atoms with Crippen molar-refractivity contribution in [3.63, 3.8) is 0 Å². The maximum atomic E-state index is 11.6. The van der Waals surface area contributed by atoms with Crippen LogP contribution in [0.4, 0.5) is 13.2 Å². The lowest BCUT2D eigenvalue weighted by molar-refractivity contribution is -0.192. The van der Waals surface area contributed by atoms with E-state index < -0.39 is 23.7 Å². The van der Waals surface area contributed by atoms with Gasteiger partial charge < -0.3 is 15.9 Å². The highest BCUT2D eigenvalue weighted by molar-refractivity contribution is 5.88. The highest BCUT2D eigenvalue weighted by atomic mass is 19.4. The quantitative estimate of drug-likeness (QED) is 0.795. The summed E-state index contributed by atoms with van der Waals surface area (Å²) in [5, 5.41) is 17.7. The maximum Gasteiger partial charge on any atom is 0.490 e. The second-order valence-corrected chi connectivity index (χ2v) is 4.61. The maximum absolute atomic E-state index is 11.6. The van der Waals surface area contributed by atoms with Crippen LogP contribution in [0.5, 0.6) is 0 Å². The summed E-state index contributed by atoms with van der Waals surface area (Å²) >= 11 is 0. The third kappa shape index (κ3) is 4.56. The Bertz CT molecular complexity index is 648. The van der Waals surface area contributed by atoms with Gasteiger partial charge in [-0.25, -0.2) is 4.79 Å². The van der Waals surface area contributed by atoms with Gasteiger partial charge in [0, 0.05) is 0 Å². The van der Waals surface area contributed by atoms with Crippen molar-refractivity contribution in [3.05, 3.63) is 71.8 Å². The van der Waals surface area contributed by atoms with Crippen molar-refractivity contribution >= 4 is 11.9 Å². The zero-order valence-electron chi connectivity index (χ0n) is 12.2. The molecule has 0 spiro atoms. The smallest absolute Gasteiger partial charge is 0.475 e. The van der Waals surface area contributed by atoms with E-state index in [1.165, 1.54) is 0 Å². The van der Waals surface area contributed by atoms with Gasteiger partial charge in [0.05, 0.1) is 0 Å². The van der Waals surface area contributed by atoms with Crippen molar-refractivity contribution in [2.75, 3.05) is 0 Å². The minimum atomic E-state index is -5.08. The molecular weight excluding hydrogens is 327 g/mol. The summed E-state index contributed by atoms with van der Waals surface area (Å²) < 4.78 is 31.7. The van der Waals surface area contributed by atoms with Gasteiger partial charge in [-0.3, -0.25) is 4.79 Å². The second-order valence-electron chi connectivity index (χ2n) is 4.61. The predicted molar refractivity (Wildman–Crippen MR) is 78.8 cm³/mol. The van der Waals surface area contributed by atoms with E-state index in [4.69, 9.17) is 15.6 Å². The topological polar surface area (TPSA) is 101 Å². The van der Waals surface area contributed by atoms with Crippen molar-refractivity contribution in [3.8, 4) is 0 Å². The van der Waals surface area contributed by atoms with Gasteiger partial charge in [-0.15, -0.1) is 0 Å². The molecule has 8 heteroatoms. The summed E-state index contributed by atoms with van der Waals surface area (Å²) in [5.74, 6) is -3.54. The molecule has 0 unspecified atom stereocenters. The third-order valence-corrected chi connectivity index (χ3v) is 2.98. The number of aliphatic carboxylic acids is 1. The minimum Gasteiger partial charge on any atom is -0.475 e. The molecule has 0 aliphatic heterocycles. The minimum absolute atomic E-state index is 0.471. The van der Waals surface area contributed by atoms with Crippen molar-refractivity contribution in [2.24, 2.45) is 5.73 Å². The average Bonchev–Trinajstić information content (AvgIpc) is 2.55. The van der Waals surface area contributed by atoms with Crippen molar-refractivity contribution in [1.29, 1.82) is 0 Å². The van der Waals surface area contributed by atoms with E-state index in [1.807, 2.05) is 12.1 Å². The Kier molecular flexibility index (Phi) is 6.07. The van der Waals surface area contributed by atoms with Crippen LogP contribution in [-0.4, -0.2) is 28.3 Å². The van der Waals surface area contributed by atoms with E-state index in [1.54, 1.807) is 48.5 Å². The van der Waals surface area contributed by atoms with Crippen LogP contribution in [0.1, 0.15) is 11.1 Å².